The van der Waals surface area contributed by atoms with E-state index in [9.17, 15) is 9.18 Å². The van der Waals surface area contributed by atoms with E-state index < -0.39 is 0 Å². The maximum Gasteiger partial charge on any atom is 0.240 e. The molecule has 4 rings (SSSR count). The van der Waals surface area contributed by atoms with Gasteiger partial charge in [-0.3, -0.25) is 9.69 Å². The van der Waals surface area contributed by atoms with Gasteiger partial charge in [-0.1, -0.05) is 17.8 Å². The Balaban J connectivity index is 1.41. The number of carbonyl (C=O) groups is 1. The second-order valence-electron chi connectivity index (χ2n) is 6.32. The van der Waals surface area contributed by atoms with Gasteiger partial charge in [-0.05, 0) is 37.6 Å². The molecule has 2 aliphatic heterocycles. The highest BCUT2D eigenvalue weighted by atomic mass is 32.1. The summed E-state index contributed by atoms with van der Waals surface area (Å²) in [5, 5.41) is 3.33. The number of nitrogens with zero attached hydrogens (tertiary/aromatic N) is 2. The van der Waals surface area contributed by atoms with Crippen LogP contribution in [0, 0.1) is 5.82 Å². The van der Waals surface area contributed by atoms with Gasteiger partial charge in [0.05, 0.1) is 36.0 Å². The average molecular weight is 365 g/mol. The zero-order chi connectivity index (χ0) is 17.2. The van der Waals surface area contributed by atoms with Crippen LogP contribution in [0.15, 0.2) is 18.2 Å². The third-order valence-electron chi connectivity index (χ3n) is 4.57. The lowest BCUT2D eigenvalue weighted by atomic mass is 10.0. The van der Waals surface area contributed by atoms with Gasteiger partial charge >= 0.3 is 0 Å². The van der Waals surface area contributed by atoms with Crippen molar-refractivity contribution in [3.05, 3.63) is 24.0 Å². The van der Waals surface area contributed by atoms with E-state index in [4.69, 9.17) is 9.47 Å². The predicted molar refractivity (Wildman–Crippen MR) is 93.1 cm³/mol. The first-order chi connectivity index (χ1) is 12.2. The Morgan fingerprint density at radius 1 is 1.36 bits per heavy atom. The van der Waals surface area contributed by atoms with Crippen LogP contribution in [0.4, 0.5) is 9.52 Å². The Kier molecular flexibility index (Phi) is 4.93. The van der Waals surface area contributed by atoms with E-state index in [1.54, 1.807) is 6.07 Å². The fourth-order valence-corrected chi connectivity index (χ4v) is 4.32. The maximum absolute atomic E-state index is 13.3. The molecule has 0 bridgehead atoms. The molecule has 25 heavy (non-hydrogen) atoms. The molecule has 3 heterocycles. The van der Waals surface area contributed by atoms with Gasteiger partial charge in [-0.2, -0.15) is 0 Å². The Morgan fingerprint density at radius 2 is 2.20 bits per heavy atom. The van der Waals surface area contributed by atoms with E-state index in [2.05, 4.69) is 15.2 Å². The van der Waals surface area contributed by atoms with Crippen LogP contribution in [-0.2, 0) is 14.3 Å². The van der Waals surface area contributed by atoms with E-state index in [1.165, 1.54) is 23.5 Å². The minimum absolute atomic E-state index is 0.117. The monoisotopic (exact) mass is 365 g/mol. The van der Waals surface area contributed by atoms with Gasteiger partial charge < -0.3 is 14.8 Å². The summed E-state index contributed by atoms with van der Waals surface area (Å²) in [6.45, 7) is 2.36. The van der Waals surface area contributed by atoms with Gasteiger partial charge in [-0.25, -0.2) is 9.37 Å². The number of carbonyl (C=O) groups excluding carboxylic acids is 1. The highest BCUT2D eigenvalue weighted by Gasteiger charge is 2.34. The molecule has 1 atom stereocenters. The van der Waals surface area contributed by atoms with Gasteiger partial charge in [0.25, 0.3) is 0 Å². The van der Waals surface area contributed by atoms with Crippen molar-refractivity contribution in [3.8, 4) is 0 Å². The fraction of sp³-hybridized carbons (Fsp3) is 0.529. The minimum atomic E-state index is -0.304. The number of ether oxygens (including phenoxy) is 2. The van der Waals surface area contributed by atoms with Crippen molar-refractivity contribution >= 4 is 32.6 Å². The molecule has 0 saturated carbocycles. The lowest BCUT2D eigenvalue weighted by Crippen LogP contribution is -2.50. The van der Waals surface area contributed by atoms with Crippen LogP contribution < -0.4 is 5.32 Å². The summed E-state index contributed by atoms with van der Waals surface area (Å²) in [5.74, 6) is -0.425. The minimum Gasteiger partial charge on any atom is -0.349 e. The lowest BCUT2D eigenvalue weighted by molar-refractivity contribution is -0.127. The molecule has 1 aromatic carbocycles. The van der Waals surface area contributed by atoms with E-state index >= 15 is 0 Å². The van der Waals surface area contributed by atoms with Crippen molar-refractivity contribution in [2.45, 2.75) is 31.6 Å². The molecule has 8 heteroatoms. The van der Waals surface area contributed by atoms with Crippen molar-refractivity contribution in [3.63, 3.8) is 0 Å². The summed E-state index contributed by atoms with van der Waals surface area (Å²) in [7, 11) is 0. The predicted octanol–water partition coefficient (Wildman–Crippen LogP) is 2.60. The number of fused-ring (bicyclic) bond motifs is 1. The Morgan fingerprint density at radius 3 is 3.04 bits per heavy atom. The van der Waals surface area contributed by atoms with Crippen LogP contribution in [0.5, 0.6) is 0 Å². The lowest BCUT2D eigenvalue weighted by Gasteiger charge is -2.37. The van der Waals surface area contributed by atoms with Crippen LogP contribution in [0.25, 0.3) is 10.2 Å². The number of piperidine rings is 1. The van der Waals surface area contributed by atoms with Gasteiger partial charge in [0.1, 0.15) is 5.82 Å². The molecular weight excluding hydrogens is 345 g/mol. The molecule has 1 N–H and O–H groups in total. The number of hydrogen-bond donors (Lipinski definition) is 1. The molecule has 2 saturated heterocycles. The SMILES string of the molecule is O=C(CN1CCCCC1C1OCCO1)Nc1nc2ccc(F)cc2s1. The van der Waals surface area contributed by atoms with E-state index in [-0.39, 0.29) is 30.6 Å². The molecule has 0 spiro atoms. The van der Waals surface area contributed by atoms with Gasteiger partial charge in [0.15, 0.2) is 11.4 Å². The molecule has 1 amide bonds. The highest BCUT2D eigenvalue weighted by Crippen LogP contribution is 2.27. The zero-order valence-corrected chi connectivity index (χ0v) is 14.6. The summed E-state index contributed by atoms with van der Waals surface area (Å²) in [6.07, 6.45) is 2.92. The number of aromatic nitrogens is 1. The molecule has 2 aromatic rings. The van der Waals surface area contributed by atoms with Gasteiger partial charge in [0, 0.05) is 0 Å². The Bertz CT molecular complexity index is 763. The van der Waals surface area contributed by atoms with Crippen LogP contribution in [0.3, 0.4) is 0 Å². The average Bonchev–Trinajstić information content (AvgIpc) is 3.24. The Hall–Kier alpha value is -1.61. The first kappa shape index (κ1) is 16.8. The maximum atomic E-state index is 13.3. The van der Waals surface area contributed by atoms with E-state index in [1.807, 2.05) is 0 Å². The molecule has 0 aliphatic carbocycles. The van der Waals surface area contributed by atoms with Crippen LogP contribution in [0.1, 0.15) is 19.3 Å². The van der Waals surface area contributed by atoms with Gasteiger partial charge in [0.2, 0.25) is 5.91 Å². The molecule has 2 fully saturated rings. The summed E-state index contributed by atoms with van der Waals surface area (Å²) in [4.78, 5) is 18.9. The number of anilines is 1. The topological polar surface area (TPSA) is 63.7 Å². The summed E-state index contributed by atoms with van der Waals surface area (Å²) < 4.78 is 25.3. The third-order valence-corrected chi connectivity index (χ3v) is 5.50. The van der Waals surface area contributed by atoms with Crippen molar-refractivity contribution in [2.24, 2.45) is 0 Å². The number of halogens is 1. The second-order valence-corrected chi connectivity index (χ2v) is 7.35. The standard InChI is InChI=1S/C17H20FN3O3S/c18-11-4-5-12-14(9-11)25-17(19-12)20-15(22)10-21-6-2-1-3-13(21)16-23-7-8-24-16/h4-5,9,13,16H,1-3,6-8,10H2,(H,19,20,22). The number of thiazole rings is 1. The number of amides is 1. The molecule has 1 unspecified atom stereocenters. The molecule has 2 aliphatic rings. The van der Waals surface area contributed by atoms with Crippen molar-refractivity contribution < 1.29 is 18.7 Å². The van der Waals surface area contributed by atoms with Crippen LogP contribution in [-0.4, -0.2) is 54.4 Å². The molecule has 1 aromatic heterocycles. The molecule has 6 nitrogen and oxygen atoms in total. The van der Waals surface area contributed by atoms with Crippen molar-refractivity contribution in [1.82, 2.24) is 9.88 Å². The number of benzene rings is 1. The van der Waals surface area contributed by atoms with Crippen molar-refractivity contribution in [2.75, 3.05) is 31.6 Å². The zero-order valence-electron chi connectivity index (χ0n) is 13.7. The fourth-order valence-electron chi connectivity index (χ4n) is 3.42. The molecular formula is C17H20FN3O3S. The van der Waals surface area contributed by atoms with Crippen LogP contribution in [0.2, 0.25) is 0 Å². The normalized spacial score (nSPS) is 22.5. The number of hydrogen-bond acceptors (Lipinski definition) is 6. The van der Waals surface area contributed by atoms with E-state index in [0.29, 0.717) is 23.9 Å². The number of nitrogens with one attached hydrogen (secondary N) is 1. The third kappa shape index (κ3) is 3.82. The quantitative estimate of drug-likeness (QED) is 0.902. The summed E-state index contributed by atoms with van der Waals surface area (Å²) >= 11 is 1.28. The largest absolute Gasteiger partial charge is 0.349 e. The van der Waals surface area contributed by atoms with E-state index in [0.717, 1.165) is 30.5 Å². The molecule has 0 radical (unpaired) electrons. The molecule has 134 valence electrons. The summed E-state index contributed by atoms with van der Waals surface area (Å²) in [5.41, 5.74) is 0.685. The smallest absolute Gasteiger partial charge is 0.240 e. The summed E-state index contributed by atoms with van der Waals surface area (Å²) in [6, 6.07) is 4.53. The van der Waals surface area contributed by atoms with Crippen LogP contribution >= 0.6 is 11.3 Å². The first-order valence-electron chi connectivity index (χ1n) is 8.52. The number of likely N-dealkylation sites (tertiary alicyclic amines) is 1. The first-order valence-corrected chi connectivity index (χ1v) is 9.34. The Labute approximate surface area is 148 Å². The van der Waals surface area contributed by atoms with Gasteiger partial charge in [-0.15, -0.1) is 0 Å². The second kappa shape index (κ2) is 7.33. The number of rotatable bonds is 4. The highest BCUT2D eigenvalue weighted by molar-refractivity contribution is 7.22. The van der Waals surface area contributed by atoms with Crippen molar-refractivity contribution in [1.29, 1.82) is 0 Å².